The summed E-state index contributed by atoms with van der Waals surface area (Å²) in [6, 6.07) is 0. The molecule has 1 saturated carbocycles. The van der Waals surface area contributed by atoms with E-state index in [1.807, 2.05) is 0 Å². The molecule has 0 aromatic carbocycles. The lowest BCUT2D eigenvalue weighted by molar-refractivity contribution is -0.107. The number of rotatable bonds is 4. The number of morpholine rings is 1. The summed E-state index contributed by atoms with van der Waals surface area (Å²) in [5, 5.41) is 3.23. The summed E-state index contributed by atoms with van der Waals surface area (Å²) in [4.78, 5) is 7.12. The van der Waals surface area contributed by atoms with E-state index in [4.69, 9.17) is 9.47 Å². The van der Waals surface area contributed by atoms with E-state index in [9.17, 15) is 0 Å². The van der Waals surface area contributed by atoms with Gasteiger partial charge in [-0.3, -0.25) is 4.90 Å². The van der Waals surface area contributed by atoms with E-state index >= 15 is 0 Å². The number of nitrogens with zero attached hydrogens (tertiary/aromatic N) is 2. The molecular weight excluding hydrogens is 260 g/mol. The molecule has 0 radical (unpaired) electrons. The Kier molecular flexibility index (Phi) is 4.17. The third kappa shape index (κ3) is 3.16. The molecule has 0 atom stereocenters. The Bertz CT molecular complexity index is 415. The minimum atomic E-state index is 0.156. The van der Waals surface area contributed by atoms with E-state index in [0.29, 0.717) is 6.61 Å². The molecule has 1 aliphatic carbocycles. The fourth-order valence-corrected chi connectivity index (χ4v) is 3.98. The van der Waals surface area contributed by atoms with Gasteiger partial charge in [0.2, 0.25) is 0 Å². The Labute approximate surface area is 118 Å². The normalized spacial score (nSPS) is 23.2. The molecular formula is C14H22N2O2S. The molecule has 0 unspecified atom stereocenters. The summed E-state index contributed by atoms with van der Waals surface area (Å²) in [6.45, 7) is 4.54. The lowest BCUT2D eigenvalue weighted by Gasteiger charge is -2.40. The third-order valence-corrected chi connectivity index (χ3v) is 4.97. The molecule has 4 nitrogen and oxygen atoms in total. The molecule has 0 N–H and O–H groups in total. The average Bonchev–Trinajstić information content (AvgIpc) is 3.01. The van der Waals surface area contributed by atoms with Gasteiger partial charge in [-0.2, -0.15) is 0 Å². The van der Waals surface area contributed by atoms with Crippen LogP contribution in [0.5, 0.6) is 0 Å². The first-order chi connectivity index (χ1) is 9.30. The zero-order valence-corrected chi connectivity index (χ0v) is 12.4. The number of hydrogen-bond acceptors (Lipinski definition) is 5. The van der Waals surface area contributed by atoms with Crippen LogP contribution in [0.15, 0.2) is 5.38 Å². The predicted molar refractivity (Wildman–Crippen MR) is 75.3 cm³/mol. The van der Waals surface area contributed by atoms with E-state index in [1.54, 1.807) is 18.4 Å². The molecule has 1 aromatic heterocycles. The van der Waals surface area contributed by atoms with E-state index in [1.165, 1.54) is 31.4 Å². The summed E-state index contributed by atoms with van der Waals surface area (Å²) in [5.74, 6) is 0. The molecule has 5 heteroatoms. The Morgan fingerprint density at radius 1 is 1.47 bits per heavy atom. The third-order valence-electron chi connectivity index (χ3n) is 4.10. The molecule has 2 heterocycles. The maximum absolute atomic E-state index is 6.06. The highest BCUT2D eigenvalue weighted by Crippen LogP contribution is 2.36. The van der Waals surface area contributed by atoms with Crippen LogP contribution < -0.4 is 0 Å². The molecule has 2 fully saturated rings. The Balaban J connectivity index is 1.59. The number of methoxy groups -OCH3 is 1. The fourth-order valence-electron chi connectivity index (χ4n) is 3.22. The van der Waals surface area contributed by atoms with Crippen molar-refractivity contribution in [2.24, 2.45) is 0 Å². The lowest BCUT2D eigenvalue weighted by Crippen LogP contribution is -2.49. The number of thiazole rings is 1. The number of ether oxygens (including phenoxy) is 2. The fraction of sp³-hybridized carbons (Fsp3) is 0.786. The van der Waals surface area contributed by atoms with Crippen molar-refractivity contribution in [3.63, 3.8) is 0 Å². The Morgan fingerprint density at radius 3 is 3.11 bits per heavy atom. The Hall–Kier alpha value is -0.490. The summed E-state index contributed by atoms with van der Waals surface area (Å²) in [6.07, 6.45) is 5.11. The minimum absolute atomic E-state index is 0.156. The van der Waals surface area contributed by atoms with Crippen molar-refractivity contribution in [2.45, 2.75) is 44.4 Å². The van der Waals surface area contributed by atoms with Gasteiger partial charge >= 0.3 is 0 Å². The molecule has 0 amide bonds. The SMILES string of the molecule is COCc1nc(CN2CCOC3(CCCC3)C2)cs1. The highest BCUT2D eigenvalue weighted by molar-refractivity contribution is 7.09. The zero-order valence-electron chi connectivity index (χ0n) is 11.6. The molecule has 2 aliphatic rings. The lowest BCUT2D eigenvalue weighted by atomic mass is 10.00. The molecule has 1 aromatic rings. The van der Waals surface area contributed by atoms with Gasteiger partial charge in [-0.05, 0) is 12.8 Å². The summed E-state index contributed by atoms with van der Waals surface area (Å²) in [5.41, 5.74) is 1.33. The van der Waals surface area contributed by atoms with Crippen LogP contribution >= 0.6 is 11.3 Å². The standard InChI is InChI=1S/C14H22N2O2S/c1-17-9-13-15-12(10-19-13)8-16-6-7-18-14(11-16)4-2-3-5-14/h10H,2-9,11H2,1H3. The number of hydrogen-bond donors (Lipinski definition) is 0. The van der Waals surface area contributed by atoms with Gasteiger partial charge in [0.1, 0.15) is 5.01 Å². The molecule has 1 aliphatic heterocycles. The first-order valence-corrected chi connectivity index (χ1v) is 7.96. The molecule has 19 heavy (non-hydrogen) atoms. The van der Waals surface area contributed by atoms with E-state index < -0.39 is 0 Å². The summed E-state index contributed by atoms with van der Waals surface area (Å²) >= 11 is 1.69. The second-order valence-electron chi connectivity index (χ2n) is 5.61. The predicted octanol–water partition coefficient (Wildman–Crippen LogP) is 2.43. The first-order valence-electron chi connectivity index (χ1n) is 7.08. The highest BCUT2D eigenvalue weighted by atomic mass is 32.1. The molecule has 106 valence electrons. The van der Waals surface area contributed by atoms with Crippen molar-refractivity contribution in [1.29, 1.82) is 0 Å². The van der Waals surface area contributed by atoms with Gasteiger partial charge < -0.3 is 9.47 Å². The second kappa shape index (κ2) is 5.87. The van der Waals surface area contributed by atoms with Crippen molar-refractivity contribution in [3.05, 3.63) is 16.1 Å². The van der Waals surface area contributed by atoms with Crippen LogP contribution in [-0.4, -0.2) is 42.3 Å². The van der Waals surface area contributed by atoms with Crippen LogP contribution in [0, 0.1) is 0 Å². The average molecular weight is 282 g/mol. The number of aromatic nitrogens is 1. The van der Waals surface area contributed by atoms with Crippen LogP contribution in [0.4, 0.5) is 0 Å². The van der Waals surface area contributed by atoms with E-state index in [0.717, 1.165) is 31.2 Å². The van der Waals surface area contributed by atoms with Crippen LogP contribution in [0.25, 0.3) is 0 Å². The van der Waals surface area contributed by atoms with Crippen molar-refractivity contribution in [1.82, 2.24) is 9.88 Å². The molecule has 1 spiro atoms. The molecule has 0 bridgehead atoms. The highest BCUT2D eigenvalue weighted by Gasteiger charge is 2.39. The second-order valence-corrected chi connectivity index (χ2v) is 6.56. The first kappa shape index (κ1) is 13.5. The smallest absolute Gasteiger partial charge is 0.119 e. The van der Waals surface area contributed by atoms with Gasteiger partial charge in [0.15, 0.2) is 0 Å². The van der Waals surface area contributed by atoms with Crippen LogP contribution in [0.2, 0.25) is 0 Å². The quantitative estimate of drug-likeness (QED) is 0.849. The zero-order chi connectivity index (χ0) is 13.1. The van der Waals surface area contributed by atoms with Crippen molar-refractivity contribution in [3.8, 4) is 0 Å². The van der Waals surface area contributed by atoms with Crippen LogP contribution in [0.1, 0.15) is 36.4 Å². The largest absolute Gasteiger partial charge is 0.378 e. The topological polar surface area (TPSA) is 34.6 Å². The van der Waals surface area contributed by atoms with Crippen molar-refractivity contribution < 1.29 is 9.47 Å². The van der Waals surface area contributed by atoms with Crippen LogP contribution in [0.3, 0.4) is 0 Å². The maximum Gasteiger partial charge on any atom is 0.119 e. The van der Waals surface area contributed by atoms with Gasteiger partial charge in [-0.1, -0.05) is 12.8 Å². The Morgan fingerprint density at radius 2 is 2.32 bits per heavy atom. The van der Waals surface area contributed by atoms with Crippen molar-refractivity contribution >= 4 is 11.3 Å². The molecule has 3 rings (SSSR count). The van der Waals surface area contributed by atoms with Gasteiger partial charge in [-0.15, -0.1) is 11.3 Å². The van der Waals surface area contributed by atoms with Gasteiger partial charge in [-0.25, -0.2) is 4.98 Å². The van der Waals surface area contributed by atoms with E-state index in [2.05, 4.69) is 15.3 Å². The minimum Gasteiger partial charge on any atom is -0.378 e. The monoisotopic (exact) mass is 282 g/mol. The maximum atomic E-state index is 6.06. The summed E-state index contributed by atoms with van der Waals surface area (Å²) in [7, 11) is 1.72. The van der Waals surface area contributed by atoms with Gasteiger partial charge in [0, 0.05) is 32.1 Å². The van der Waals surface area contributed by atoms with Gasteiger partial charge in [0.25, 0.3) is 0 Å². The molecule has 1 saturated heterocycles. The van der Waals surface area contributed by atoms with Crippen molar-refractivity contribution in [2.75, 3.05) is 26.8 Å². The summed E-state index contributed by atoms with van der Waals surface area (Å²) < 4.78 is 11.2. The van der Waals surface area contributed by atoms with Crippen LogP contribution in [-0.2, 0) is 22.6 Å². The van der Waals surface area contributed by atoms with E-state index in [-0.39, 0.29) is 5.60 Å². The van der Waals surface area contributed by atoms with Gasteiger partial charge in [0.05, 0.1) is 24.5 Å².